The summed E-state index contributed by atoms with van der Waals surface area (Å²) < 4.78 is 5.25. The fourth-order valence-electron chi connectivity index (χ4n) is 2.74. The molecule has 3 heterocycles. The molecule has 2 saturated heterocycles. The number of anilines is 1. The van der Waals surface area contributed by atoms with Crippen molar-refractivity contribution >= 4 is 29.4 Å². The molecule has 0 aromatic heterocycles. The van der Waals surface area contributed by atoms with Crippen LogP contribution in [0, 0.1) is 0 Å². The zero-order valence-electron chi connectivity index (χ0n) is 12.4. The zero-order valence-corrected chi connectivity index (χ0v) is 12.4. The second kappa shape index (κ2) is 5.27. The summed E-state index contributed by atoms with van der Waals surface area (Å²) in [6.07, 6.45) is 2.61. The number of fused-ring (bicyclic) bond motifs is 1. The van der Waals surface area contributed by atoms with Gasteiger partial charge in [-0.15, -0.1) is 5.06 Å². The van der Waals surface area contributed by atoms with Crippen LogP contribution in [0.1, 0.15) is 23.2 Å². The molecule has 1 aromatic carbocycles. The minimum atomic E-state index is -0.756. The van der Waals surface area contributed by atoms with E-state index < -0.39 is 24.0 Å². The van der Waals surface area contributed by atoms with Gasteiger partial charge in [-0.25, -0.2) is 9.69 Å². The van der Waals surface area contributed by atoms with E-state index in [1.54, 1.807) is 0 Å². The lowest BCUT2D eigenvalue weighted by Crippen LogP contribution is -2.40. The number of nitrogens with zero attached hydrogens (tertiary/aromatic N) is 2. The SMILES string of the molecule is O=C(ON1C(=O)CCC2OC21)c1cccc(N2C(=O)C=CC2=O)c1. The topological polar surface area (TPSA) is 96.5 Å². The van der Waals surface area contributed by atoms with E-state index in [4.69, 9.17) is 9.57 Å². The van der Waals surface area contributed by atoms with Crippen molar-refractivity contribution in [3.63, 3.8) is 0 Å². The number of epoxide rings is 1. The van der Waals surface area contributed by atoms with E-state index in [2.05, 4.69) is 0 Å². The minimum Gasteiger partial charge on any atom is -0.344 e. The fraction of sp³-hybridized carbons (Fsp3) is 0.250. The third-order valence-electron chi connectivity index (χ3n) is 4.01. The van der Waals surface area contributed by atoms with Crippen LogP contribution in [0.5, 0.6) is 0 Å². The molecule has 2 unspecified atom stereocenters. The predicted octanol–water partition coefficient (Wildman–Crippen LogP) is 0.535. The Morgan fingerprint density at radius 2 is 1.92 bits per heavy atom. The molecule has 8 heteroatoms. The van der Waals surface area contributed by atoms with Gasteiger partial charge in [0.1, 0.15) is 6.10 Å². The molecule has 0 radical (unpaired) electrons. The first-order chi connectivity index (χ1) is 11.5. The van der Waals surface area contributed by atoms with Crippen LogP contribution in [0.2, 0.25) is 0 Å². The minimum absolute atomic E-state index is 0.0762. The van der Waals surface area contributed by atoms with E-state index in [0.717, 1.165) is 22.1 Å². The van der Waals surface area contributed by atoms with Crippen LogP contribution >= 0.6 is 0 Å². The Labute approximate surface area is 136 Å². The highest BCUT2D eigenvalue weighted by molar-refractivity contribution is 6.28. The Hall–Kier alpha value is -3.00. The van der Waals surface area contributed by atoms with Crippen molar-refractivity contribution in [2.45, 2.75) is 25.2 Å². The maximum absolute atomic E-state index is 12.3. The molecule has 0 aliphatic carbocycles. The van der Waals surface area contributed by atoms with E-state index >= 15 is 0 Å². The second-order valence-electron chi connectivity index (χ2n) is 5.60. The molecular weight excluding hydrogens is 316 g/mol. The summed E-state index contributed by atoms with van der Waals surface area (Å²) in [6, 6.07) is 5.90. The van der Waals surface area contributed by atoms with Crippen LogP contribution < -0.4 is 4.90 Å². The predicted molar refractivity (Wildman–Crippen MR) is 78.2 cm³/mol. The molecule has 2 atom stereocenters. The van der Waals surface area contributed by atoms with E-state index in [0.29, 0.717) is 6.42 Å². The maximum Gasteiger partial charge on any atom is 0.363 e. The van der Waals surface area contributed by atoms with Crippen LogP contribution in [0.4, 0.5) is 5.69 Å². The van der Waals surface area contributed by atoms with Crippen molar-refractivity contribution in [3.8, 4) is 0 Å². The smallest absolute Gasteiger partial charge is 0.344 e. The van der Waals surface area contributed by atoms with Gasteiger partial charge in [0.2, 0.25) is 0 Å². The van der Waals surface area contributed by atoms with Gasteiger partial charge < -0.3 is 9.57 Å². The first kappa shape index (κ1) is 14.6. The lowest BCUT2D eigenvalue weighted by molar-refractivity contribution is -0.178. The van der Waals surface area contributed by atoms with Gasteiger partial charge in [-0.3, -0.25) is 14.4 Å². The van der Waals surface area contributed by atoms with Gasteiger partial charge in [0.05, 0.1) is 11.3 Å². The molecule has 0 spiro atoms. The molecule has 0 saturated carbocycles. The highest BCUT2D eigenvalue weighted by Crippen LogP contribution is 2.35. The average molecular weight is 328 g/mol. The highest BCUT2D eigenvalue weighted by Gasteiger charge is 2.52. The number of benzene rings is 1. The van der Waals surface area contributed by atoms with Crippen LogP contribution in [0.15, 0.2) is 36.4 Å². The molecule has 2 fully saturated rings. The number of imide groups is 1. The third-order valence-corrected chi connectivity index (χ3v) is 4.01. The first-order valence-electron chi connectivity index (χ1n) is 7.40. The van der Waals surface area contributed by atoms with Crippen molar-refractivity contribution < 1.29 is 28.8 Å². The van der Waals surface area contributed by atoms with Gasteiger partial charge in [0, 0.05) is 18.6 Å². The number of hydroxylamine groups is 2. The van der Waals surface area contributed by atoms with Gasteiger partial charge in [-0.2, -0.15) is 0 Å². The standard InChI is InChI=1S/C16H12N2O6/c19-12-6-7-13(20)17(12)10-3-1-2-9(8-10)16(22)24-18-14(21)5-4-11-15(18)23-11/h1-3,6-8,11,15H,4-5H2. The van der Waals surface area contributed by atoms with Crippen molar-refractivity contribution in [1.29, 1.82) is 0 Å². The Balaban J connectivity index is 1.53. The van der Waals surface area contributed by atoms with E-state index in [9.17, 15) is 19.2 Å². The second-order valence-corrected chi connectivity index (χ2v) is 5.60. The summed E-state index contributed by atoms with van der Waals surface area (Å²) in [4.78, 5) is 53.6. The Morgan fingerprint density at radius 1 is 1.17 bits per heavy atom. The molecule has 4 rings (SSSR count). The molecule has 24 heavy (non-hydrogen) atoms. The molecular formula is C16H12N2O6. The first-order valence-corrected chi connectivity index (χ1v) is 7.40. The monoisotopic (exact) mass is 328 g/mol. The number of hydrogen-bond acceptors (Lipinski definition) is 6. The quantitative estimate of drug-likeness (QED) is 0.593. The Morgan fingerprint density at radius 3 is 2.67 bits per heavy atom. The molecule has 3 aliphatic rings. The number of carbonyl (C=O) groups is 4. The molecule has 1 aromatic rings. The van der Waals surface area contributed by atoms with Gasteiger partial charge in [-0.1, -0.05) is 6.07 Å². The van der Waals surface area contributed by atoms with Crippen LogP contribution in [0.3, 0.4) is 0 Å². The Kier molecular flexibility index (Phi) is 3.20. The summed E-state index contributed by atoms with van der Waals surface area (Å²) in [5.41, 5.74) is 0.380. The lowest BCUT2D eigenvalue weighted by atomic mass is 10.1. The largest absolute Gasteiger partial charge is 0.363 e. The van der Waals surface area contributed by atoms with E-state index in [1.165, 1.54) is 24.3 Å². The van der Waals surface area contributed by atoms with Crippen LogP contribution in [-0.4, -0.2) is 41.1 Å². The molecule has 3 amide bonds. The lowest BCUT2D eigenvalue weighted by Gasteiger charge is -2.22. The molecule has 0 N–H and O–H groups in total. The number of hydrogen-bond donors (Lipinski definition) is 0. The van der Waals surface area contributed by atoms with Crippen molar-refractivity contribution in [2.24, 2.45) is 0 Å². The summed E-state index contributed by atoms with van der Waals surface area (Å²) in [5.74, 6) is -2.03. The number of rotatable bonds is 3. The van der Waals surface area contributed by atoms with Gasteiger partial charge in [0.25, 0.3) is 17.7 Å². The number of ether oxygens (including phenoxy) is 1. The van der Waals surface area contributed by atoms with E-state index in [1.807, 2.05) is 0 Å². The maximum atomic E-state index is 12.3. The number of carbonyl (C=O) groups excluding carboxylic acids is 4. The highest BCUT2D eigenvalue weighted by atomic mass is 16.8. The van der Waals surface area contributed by atoms with Crippen LogP contribution in [0.25, 0.3) is 0 Å². The van der Waals surface area contributed by atoms with Crippen molar-refractivity contribution in [1.82, 2.24) is 5.06 Å². The van der Waals surface area contributed by atoms with Crippen LogP contribution in [-0.2, 0) is 24.0 Å². The van der Waals surface area contributed by atoms with Gasteiger partial charge >= 0.3 is 5.97 Å². The Bertz CT molecular complexity index is 784. The van der Waals surface area contributed by atoms with E-state index in [-0.39, 0.29) is 29.7 Å². The number of amides is 3. The summed E-state index contributed by atoms with van der Waals surface area (Å²) in [7, 11) is 0. The van der Waals surface area contributed by atoms with Crippen molar-refractivity contribution in [3.05, 3.63) is 42.0 Å². The van der Waals surface area contributed by atoms with Crippen molar-refractivity contribution in [2.75, 3.05) is 4.90 Å². The normalized spacial score (nSPS) is 25.1. The summed E-state index contributed by atoms with van der Waals surface area (Å²) in [6.45, 7) is 0. The molecule has 122 valence electrons. The fourth-order valence-corrected chi connectivity index (χ4v) is 2.74. The number of piperidine rings is 1. The third kappa shape index (κ3) is 2.37. The average Bonchev–Trinajstić information content (AvgIpc) is 3.28. The summed E-state index contributed by atoms with van der Waals surface area (Å²) in [5, 5.41) is 0.955. The zero-order chi connectivity index (χ0) is 16.8. The van der Waals surface area contributed by atoms with Gasteiger partial charge in [0.15, 0.2) is 6.23 Å². The molecule has 0 bridgehead atoms. The van der Waals surface area contributed by atoms with Gasteiger partial charge in [-0.05, 0) is 24.6 Å². The molecule has 8 nitrogen and oxygen atoms in total. The summed E-state index contributed by atoms with van der Waals surface area (Å²) >= 11 is 0. The molecule has 3 aliphatic heterocycles.